The molecule has 156 valence electrons. The van der Waals surface area contributed by atoms with Gasteiger partial charge in [0.15, 0.2) is 5.92 Å². The molecule has 1 unspecified atom stereocenters. The lowest BCUT2D eigenvalue weighted by molar-refractivity contribution is -0.159. The quantitative estimate of drug-likeness (QED) is 0.448. The summed E-state index contributed by atoms with van der Waals surface area (Å²) in [6, 6.07) is 26.8. The van der Waals surface area contributed by atoms with Crippen LogP contribution in [0.3, 0.4) is 0 Å². The van der Waals surface area contributed by atoms with E-state index in [1.807, 2.05) is 89.8 Å². The third-order valence-corrected chi connectivity index (χ3v) is 5.47. The number of hydrogen-bond donors (Lipinski definition) is 0. The lowest BCUT2D eigenvalue weighted by atomic mass is 9.83. The smallest absolute Gasteiger partial charge is 0.322 e. The van der Waals surface area contributed by atoms with E-state index in [9.17, 15) is 9.59 Å². The number of carbonyl (C=O) groups is 2. The summed E-state index contributed by atoms with van der Waals surface area (Å²) < 4.78 is 10.1. The maximum Gasteiger partial charge on any atom is 0.322 e. The Labute approximate surface area is 181 Å². The highest BCUT2D eigenvalue weighted by Crippen LogP contribution is 2.45. The molecule has 3 aromatic carbocycles. The van der Waals surface area contributed by atoms with Crippen molar-refractivity contribution in [1.82, 2.24) is 0 Å². The lowest BCUT2D eigenvalue weighted by Crippen LogP contribution is -2.43. The number of nitrogens with zero attached hydrogens (tertiary/aromatic N) is 1. The first kappa shape index (κ1) is 20.4. The summed E-state index contributed by atoms with van der Waals surface area (Å²) in [5.74, 6) is -2.44. The highest BCUT2D eigenvalue weighted by Gasteiger charge is 2.45. The number of ether oxygens (including phenoxy) is 2. The van der Waals surface area contributed by atoms with Crippen LogP contribution in [0.15, 0.2) is 84.9 Å². The molecule has 0 amide bonds. The number of anilines is 1. The second-order valence-corrected chi connectivity index (χ2v) is 7.20. The van der Waals surface area contributed by atoms with Crippen LogP contribution in [-0.2, 0) is 19.1 Å². The highest BCUT2D eigenvalue weighted by atomic mass is 16.5. The van der Waals surface area contributed by atoms with Crippen molar-refractivity contribution < 1.29 is 19.1 Å². The van der Waals surface area contributed by atoms with Crippen LogP contribution >= 0.6 is 0 Å². The van der Waals surface area contributed by atoms with Crippen molar-refractivity contribution >= 4 is 29.4 Å². The monoisotopic (exact) mass is 413 g/mol. The van der Waals surface area contributed by atoms with Gasteiger partial charge in [-0.15, -0.1) is 0 Å². The predicted molar refractivity (Wildman–Crippen MR) is 120 cm³/mol. The van der Waals surface area contributed by atoms with E-state index in [-0.39, 0.29) is 0 Å². The summed E-state index contributed by atoms with van der Waals surface area (Å²) in [5.41, 5.74) is 4.51. The van der Waals surface area contributed by atoms with Crippen LogP contribution in [0.5, 0.6) is 0 Å². The molecular formula is C26H23NO4. The number of fused-ring (bicyclic) bond motifs is 1. The molecule has 1 aliphatic heterocycles. The SMILES string of the molecule is COC(=O)C(C(=O)OC)C1c2ccccc2C=C(c2ccccc2)N1c1ccccc1. The minimum atomic E-state index is -1.16. The molecule has 5 heteroatoms. The van der Waals surface area contributed by atoms with Gasteiger partial charge in [0.2, 0.25) is 0 Å². The fourth-order valence-corrected chi connectivity index (χ4v) is 4.07. The Balaban J connectivity index is 2.01. The van der Waals surface area contributed by atoms with E-state index in [2.05, 4.69) is 6.08 Å². The van der Waals surface area contributed by atoms with Gasteiger partial charge in [0.1, 0.15) is 0 Å². The average molecular weight is 413 g/mol. The zero-order valence-corrected chi connectivity index (χ0v) is 17.4. The number of hydrogen-bond acceptors (Lipinski definition) is 5. The van der Waals surface area contributed by atoms with Gasteiger partial charge in [-0.2, -0.15) is 0 Å². The third kappa shape index (κ3) is 3.82. The zero-order valence-electron chi connectivity index (χ0n) is 17.4. The van der Waals surface area contributed by atoms with E-state index >= 15 is 0 Å². The molecule has 0 radical (unpaired) electrons. The Morgan fingerprint density at radius 2 is 1.32 bits per heavy atom. The van der Waals surface area contributed by atoms with Crippen molar-refractivity contribution in [3.8, 4) is 0 Å². The maximum absolute atomic E-state index is 12.9. The van der Waals surface area contributed by atoms with Crippen molar-refractivity contribution in [3.63, 3.8) is 0 Å². The van der Waals surface area contributed by atoms with Gasteiger partial charge >= 0.3 is 11.9 Å². The molecule has 0 aromatic heterocycles. The number of esters is 2. The second kappa shape index (κ2) is 8.88. The lowest BCUT2D eigenvalue weighted by Gasteiger charge is -2.41. The van der Waals surface area contributed by atoms with Crippen molar-refractivity contribution in [2.24, 2.45) is 5.92 Å². The molecule has 0 fully saturated rings. The van der Waals surface area contributed by atoms with Crippen LogP contribution in [0.4, 0.5) is 5.69 Å². The minimum absolute atomic E-state index is 0.637. The molecular weight excluding hydrogens is 390 g/mol. The van der Waals surface area contributed by atoms with E-state index in [4.69, 9.17) is 9.47 Å². The predicted octanol–water partition coefficient (Wildman–Crippen LogP) is 4.71. The molecule has 0 spiro atoms. The summed E-state index contributed by atoms with van der Waals surface area (Å²) in [6.07, 6.45) is 2.08. The van der Waals surface area contributed by atoms with E-state index in [1.54, 1.807) is 0 Å². The summed E-state index contributed by atoms with van der Waals surface area (Å²) in [5, 5.41) is 0. The Bertz CT molecular complexity index is 1090. The van der Waals surface area contributed by atoms with Crippen LogP contribution in [-0.4, -0.2) is 26.2 Å². The minimum Gasteiger partial charge on any atom is -0.468 e. The molecule has 31 heavy (non-hydrogen) atoms. The second-order valence-electron chi connectivity index (χ2n) is 7.20. The number of carbonyl (C=O) groups excluding carboxylic acids is 2. The Kier molecular flexibility index (Phi) is 5.85. The van der Waals surface area contributed by atoms with Crippen LogP contribution in [0.25, 0.3) is 11.8 Å². The van der Waals surface area contributed by atoms with Gasteiger partial charge in [0.05, 0.1) is 20.3 Å². The molecule has 0 saturated heterocycles. The first-order valence-electron chi connectivity index (χ1n) is 10.0. The van der Waals surface area contributed by atoms with Crippen molar-refractivity contribution in [1.29, 1.82) is 0 Å². The van der Waals surface area contributed by atoms with Crippen LogP contribution in [0, 0.1) is 5.92 Å². The topological polar surface area (TPSA) is 55.8 Å². The molecule has 1 aliphatic rings. The molecule has 0 saturated carbocycles. The average Bonchev–Trinajstić information content (AvgIpc) is 2.84. The number of methoxy groups -OCH3 is 2. The molecule has 0 aliphatic carbocycles. The summed E-state index contributed by atoms with van der Waals surface area (Å²) in [4.78, 5) is 27.8. The molecule has 4 rings (SSSR count). The van der Waals surface area contributed by atoms with E-state index in [1.165, 1.54) is 14.2 Å². The van der Waals surface area contributed by atoms with E-state index in [0.717, 1.165) is 28.1 Å². The summed E-state index contributed by atoms with van der Waals surface area (Å²) >= 11 is 0. The number of para-hydroxylation sites is 1. The normalized spacial score (nSPS) is 15.1. The molecule has 1 heterocycles. The largest absolute Gasteiger partial charge is 0.468 e. The van der Waals surface area contributed by atoms with Gasteiger partial charge in [-0.25, -0.2) is 0 Å². The van der Waals surface area contributed by atoms with Gasteiger partial charge in [0, 0.05) is 11.4 Å². The summed E-state index contributed by atoms with van der Waals surface area (Å²) in [7, 11) is 2.57. The van der Waals surface area contributed by atoms with Gasteiger partial charge in [-0.05, 0) is 34.9 Å². The fourth-order valence-electron chi connectivity index (χ4n) is 4.07. The van der Waals surface area contributed by atoms with Crippen molar-refractivity contribution in [2.75, 3.05) is 19.1 Å². The molecule has 0 N–H and O–H groups in total. The van der Waals surface area contributed by atoms with E-state index in [0.29, 0.717) is 0 Å². The molecule has 1 atom stereocenters. The van der Waals surface area contributed by atoms with Gasteiger partial charge in [0.25, 0.3) is 0 Å². The highest BCUT2D eigenvalue weighted by molar-refractivity contribution is 6.01. The van der Waals surface area contributed by atoms with Gasteiger partial charge in [-0.3, -0.25) is 9.59 Å². The molecule has 3 aromatic rings. The Morgan fingerprint density at radius 3 is 1.94 bits per heavy atom. The standard InChI is InChI=1S/C26H23NO4/c1-30-25(28)23(26(29)31-2)24-21-16-10-9-13-19(21)17-22(18-11-5-3-6-12-18)27(24)20-14-7-4-8-15-20/h3-17,23-24H,1-2H3. The van der Waals surface area contributed by atoms with Crippen molar-refractivity contribution in [3.05, 3.63) is 102 Å². The van der Waals surface area contributed by atoms with Crippen LogP contribution < -0.4 is 4.90 Å². The molecule has 5 nitrogen and oxygen atoms in total. The van der Waals surface area contributed by atoms with Crippen molar-refractivity contribution in [2.45, 2.75) is 6.04 Å². The zero-order chi connectivity index (χ0) is 21.8. The number of benzene rings is 3. The Morgan fingerprint density at radius 1 is 0.774 bits per heavy atom. The number of rotatable bonds is 5. The fraction of sp³-hybridized carbons (Fsp3) is 0.154. The first-order chi connectivity index (χ1) is 15.2. The third-order valence-electron chi connectivity index (χ3n) is 5.47. The van der Waals surface area contributed by atoms with E-state index < -0.39 is 23.9 Å². The molecule has 0 bridgehead atoms. The van der Waals surface area contributed by atoms with Gasteiger partial charge < -0.3 is 14.4 Å². The Hall–Kier alpha value is -3.86. The van der Waals surface area contributed by atoms with Gasteiger partial charge in [-0.1, -0.05) is 72.8 Å². The first-order valence-corrected chi connectivity index (χ1v) is 10.0. The summed E-state index contributed by atoms with van der Waals surface area (Å²) in [6.45, 7) is 0. The maximum atomic E-state index is 12.9. The van der Waals surface area contributed by atoms with Crippen LogP contribution in [0.1, 0.15) is 22.7 Å². The van der Waals surface area contributed by atoms with Crippen LogP contribution in [0.2, 0.25) is 0 Å².